The topological polar surface area (TPSA) is 96.7 Å². The number of aromatic hydroxyl groups is 1. The summed E-state index contributed by atoms with van der Waals surface area (Å²) in [4.78, 5) is 28.4. The molecule has 2 N–H and O–H groups in total. The molecular formula is C22H20FNO5. The van der Waals surface area contributed by atoms with Crippen molar-refractivity contribution in [3.05, 3.63) is 70.7 Å². The Morgan fingerprint density at radius 1 is 1.10 bits per heavy atom. The SMILES string of the molecule is COCCCC(=O)c1cc(C(=O)O)c2cc(Cc3ccc(F)cc3)cnc2c1O. The maximum Gasteiger partial charge on any atom is 0.336 e. The van der Waals surface area contributed by atoms with E-state index in [1.165, 1.54) is 31.5 Å². The van der Waals surface area contributed by atoms with E-state index in [1.54, 1.807) is 18.2 Å². The molecule has 1 aromatic heterocycles. The van der Waals surface area contributed by atoms with Crippen molar-refractivity contribution in [1.29, 1.82) is 0 Å². The number of aromatic carboxylic acids is 1. The van der Waals surface area contributed by atoms with Crippen LogP contribution in [0.2, 0.25) is 0 Å². The Kier molecular flexibility index (Phi) is 6.19. The molecule has 0 spiro atoms. The standard InChI is InChI=1S/C22H20FNO5/c1-29-8-2-3-19(25)18-11-17(22(27)28)16-10-14(12-24-20(16)21(18)26)9-13-4-6-15(23)7-5-13/h4-7,10-12,26H,2-3,8-9H2,1H3,(H,27,28). The number of halogens is 1. The molecule has 0 radical (unpaired) electrons. The number of fused-ring (bicyclic) bond motifs is 1. The van der Waals surface area contributed by atoms with E-state index in [-0.39, 0.29) is 45.8 Å². The summed E-state index contributed by atoms with van der Waals surface area (Å²) >= 11 is 0. The lowest BCUT2D eigenvalue weighted by Gasteiger charge is -2.11. The number of rotatable bonds is 8. The highest BCUT2D eigenvalue weighted by molar-refractivity contribution is 6.11. The van der Waals surface area contributed by atoms with Crippen molar-refractivity contribution < 1.29 is 28.9 Å². The number of nitrogens with zero attached hydrogens (tertiary/aromatic N) is 1. The fourth-order valence-corrected chi connectivity index (χ4v) is 3.16. The number of ketones is 1. The fourth-order valence-electron chi connectivity index (χ4n) is 3.16. The van der Waals surface area contributed by atoms with E-state index in [1.807, 2.05) is 0 Å². The maximum atomic E-state index is 13.1. The molecule has 150 valence electrons. The second-order valence-electron chi connectivity index (χ2n) is 6.69. The van der Waals surface area contributed by atoms with Crippen molar-refractivity contribution in [2.24, 2.45) is 0 Å². The van der Waals surface area contributed by atoms with E-state index in [2.05, 4.69) is 4.98 Å². The van der Waals surface area contributed by atoms with Gasteiger partial charge in [-0.15, -0.1) is 0 Å². The van der Waals surface area contributed by atoms with Crippen LogP contribution in [0.3, 0.4) is 0 Å². The number of carbonyl (C=O) groups is 2. The highest BCUT2D eigenvalue weighted by atomic mass is 19.1. The molecule has 0 bridgehead atoms. The molecule has 0 fully saturated rings. The van der Waals surface area contributed by atoms with Crippen LogP contribution in [0.4, 0.5) is 4.39 Å². The third-order valence-corrected chi connectivity index (χ3v) is 4.61. The van der Waals surface area contributed by atoms with Gasteiger partial charge in [0, 0.05) is 31.7 Å². The summed E-state index contributed by atoms with van der Waals surface area (Å²) in [6, 6.07) is 8.78. The summed E-state index contributed by atoms with van der Waals surface area (Å²) in [6.45, 7) is 0.386. The van der Waals surface area contributed by atoms with Gasteiger partial charge in [-0.2, -0.15) is 0 Å². The van der Waals surface area contributed by atoms with Gasteiger partial charge in [0.25, 0.3) is 0 Å². The predicted octanol–water partition coefficient (Wildman–Crippen LogP) is 3.98. The number of phenols is 1. The van der Waals surface area contributed by atoms with Gasteiger partial charge in [-0.3, -0.25) is 9.78 Å². The van der Waals surface area contributed by atoms with Crippen LogP contribution in [0.1, 0.15) is 44.7 Å². The summed E-state index contributed by atoms with van der Waals surface area (Å²) in [6.07, 6.45) is 2.50. The summed E-state index contributed by atoms with van der Waals surface area (Å²) < 4.78 is 18.0. The molecule has 1 heterocycles. The molecule has 0 saturated carbocycles. The van der Waals surface area contributed by atoms with Crippen LogP contribution in [0.25, 0.3) is 10.9 Å². The number of benzene rings is 2. The Hall–Kier alpha value is -3.32. The Labute approximate surface area is 166 Å². The molecule has 0 atom stereocenters. The van der Waals surface area contributed by atoms with E-state index < -0.39 is 5.97 Å². The first kappa shape index (κ1) is 20.4. The Morgan fingerprint density at radius 2 is 1.83 bits per heavy atom. The largest absolute Gasteiger partial charge is 0.505 e. The molecule has 7 heteroatoms. The van der Waals surface area contributed by atoms with Gasteiger partial charge >= 0.3 is 5.97 Å². The Morgan fingerprint density at radius 3 is 2.48 bits per heavy atom. The van der Waals surface area contributed by atoms with Gasteiger partial charge in [0.15, 0.2) is 11.5 Å². The lowest BCUT2D eigenvalue weighted by Crippen LogP contribution is -2.07. The molecule has 6 nitrogen and oxygen atoms in total. The maximum absolute atomic E-state index is 13.1. The van der Waals surface area contributed by atoms with Crippen LogP contribution in [0.5, 0.6) is 5.75 Å². The van der Waals surface area contributed by atoms with Crippen molar-refractivity contribution >= 4 is 22.7 Å². The number of phenolic OH excluding ortho intramolecular Hbond substituents is 1. The Balaban J connectivity index is 2.02. The normalized spacial score (nSPS) is 11.0. The second kappa shape index (κ2) is 8.79. The van der Waals surface area contributed by atoms with Crippen LogP contribution in [-0.4, -0.2) is 40.7 Å². The smallest absolute Gasteiger partial charge is 0.336 e. The van der Waals surface area contributed by atoms with Gasteiger partial charge < -0.3 is 14.9 Å². The molecule has 0 aliphatic carbocycles. The minimum atomic E-state index is -1.22. The minimum Gasteiger partial charge on any atom is -0.505 e. The van der Waals surface area contributed by atoms with Crippen LogP contribution < -0.4 is 0 Å². The first-order chi connectivity index (χ1) is 13.9. The van der Waals surface area contributed by atoms with Gasteiger partial charge in [0.05, 0.1) is 11.1 Å². The second-order valence-corrected chi connectivity index (χ2v) is 6.69. The molecule has 29 heavy (non-hydrogen) atoms. The lowest BCUT2D eigenvalue weighted by atomic mass is 9.96. The van der Waals surface area contributed by atoms with Crippen molar-refractivity contribution in [1.82, 2.24) is 4.98 Å². The zero-order valence-electron chi connectivity index (χ0n) is 15.8. The van der Waals surface area contributed by atoms with Gasteiger partial charge in [0.2, 0.25) is 0 Å². The summed E-state index contributed by atoms with van der Waals surface area (Å²) in [7, 11) is 1.52. The van der Waals surface area contributed by atoms with E-state index in [0.29, 0.717) is 25.0 Å². The number of ether oxygens (including phenoxy) is 1. The molecule has 3 aromatic rings. The molecule has 0 unspecified atom stereocenters. The quantitative estimate of drug-likeness (QED) is 0.441. The molecular weight excluding hydrogens is 377 g/mol. The zero-order valence-corrected chi connectivity index (χ0v) is 15.8. The number of carbonyl (C=O) groups excluding carboxylic acids is 1. The number of Topliss-reactive ketones (excluding diaryl/α,β-unsaturated/α-hetero) is 1. The molecule has 0 amide bonds. The molecule has 0 aliphatic heterocycles. The average Bonchev–Trinajstić information content (AvgIpc) is 2.70. The van der Waals surface area contributed by atoms with Crippen LogP contribution in [0, 0.1) is 5.82 Å². The first-order valence-electron chi connectivity index (χ1n) is 9.05. The number of hydrogen-bond donors (Lipinski definition) is 2. The van der Waals surface area contributed by atoms with Gasteiger partial charge in [-0.05, 0) is 48.2 Å². The molecule has 0 saturated heterocycles. The molecule has 2 aromatic carbocycles. The van der Waals surface area contributed by atoms with E-state index >= 15 is 0 Å². The number of pyridine rings is 1. The highest BCUT2D eigenvalue weighted by Crippen LogP contribution is 2.32. The highest BCUT2D eigenvalue weighted by Gasteiger charge is 2.21. The number of carboxylic acid groups (broad SMARTS) is 1. The van der Waals surface area contributed by atoms with Crippen LogP contribution in [-0.2, 0) is 11.2 Å². The van der Waals surface area contributed by atoms with Crippen molar-refractivity contribution in [2.75, 3.05) is 13.7 Å². The van der Waals surface area contributed by atoms with Crippen molar-refractivity contribution in [3.8, 4) is 5.75 Å². The average molecular weight is 397 g/mol. The van der Waals surface area contributed by atoms with Gasteiger partial charge in [-0.1, -0.05) is 12.1 Å². The summed E-state index contributed by atoms with van der Waals surface area (Å²) in [5.41, 5.74) is 1.41. The minimum absolute atomic E-state index is 0.0582. The van der Waals surface area contributed by atoms with E-state index in [9.17, 15) is 24.2 Å². The summed E-state index contributed by atoms with van der Waals surface area (Å²) in [5.74, 6) is -2.27. The monoisotopic (exact) mass is 397 g/mol. The number of carboxylic acids is 1. The van der Waals surface area contributed by atoms with Crippen molar-refractivity contribution in [2.45, 2.75) is 19.3 Å². The third kappa shape index (κ3) is 4.57. The van der Waals surface area contributed by atoms with Gasteiger partial charge in [-0.25, -0.2) is 9.18 Å². The lowest BCUT2D eigenvalue weighted by molar-refractivity contribution is 0.0699. The van der Waals surface area contributed by atoms with Crippen LogP contribution >= 0.6 is 0 Å². The van der Waals surface area contributed by atoms with Gasteiger partial charge in [0.1, 0.15) is 11.3 Å². The fraction of sp³-hybridized carbons (Fsp3) is 0.227. The van der Waals surface area contributed by atoms with E-state index in [4.69, 9.17) is 4.74 Å². The molecule has 0 aliphatic rings. The zero-order chi connectivity index (χ0) is 21.0. The third-order valence-electron chi connectivity index (χ3n) is 4.61. The Bertz CT molecular complexity index is 1060. The number of aromatic nitrogens is 1. The number of hydrogen-bond acceptors (Lipinski definition) is 5. The van der Waals surface area contributed by atoms with Crippen LogP contribution in [0.15, 0.2) is 42.6 Å². The predicted molar refractivity (Wildman–Crippen MR) is 105 cm³/mol. The van der Waals surface area contributed by atoms with Crippen molar-refractivity contribution in [3.63, 3.8) is 0 Å². The number of methoxy groups -OCH3 is 1. The van der Waals surface area contributed by atoms with E-state index in [0.717, 1.165) is 5.56 Å². The molecule has 3 rings (SSSR count). The summed E-state index contributed by atoms with van der Waals surface area (Å²) in [5, 5.41) is 20.4. The first-order valence-corrected chi connectivity index (χ1v) is 9.05.